The summed E-state index contributed by atoms with van der Waals surface area (Å²) in [4.78, 5) is 24.2. The molecule has 5 aromatic rings. The number of carbonyl (C=O) groups excluding carboxylic acids is 1. The molecule has 0 saturated carbocycles. The molecule has 13 nitrogen and oxygen atoms in total. The second-order valence-electron chi connectivity index (χ2n) is 10.3. The molecule has 3 aromatic carbocycles. The number of hydrogen-bond donors (Lipinski definition) is 0. The van der Waals surface area contributed by atoms with Gasteiger partial charge in [0.1, 0.15) is 11.4 Å². The first-order chi connectivity index (χ1) is 21.7. The molecule has 0 spiro atoms. The van der Waals surface area contributed by atoms with Crippen molar-refractivity contribution in [3.63, 3.8) is 0 Å². The monoisotopic (exact) mass is 622 g/mol. The van der Waals surface area contributed by atoms with Gasteiger partial charge < -0.3 is 0 Å². The molecule has 1 fully saturated rings. The molecule has 1 aliphatic heterocycles. The van der Waals surface area contributed by atoms with E-state index in [0.29, 0.717) is 24.5 Å². The van der Waals surface area contributed by atoms with Gasteiger partial charge in [0.05, 0.1) is 35.3 Å². The molecule has 1 aliphatic rings. The highest BCUT2D eigenvalue weighted by Gasteiger charge is 2.35. The maximum Gasteiger partial charge on any atom is 0.270 e. The van der Waals surface area contributed by atoms with Gasteiger partial charge in [-0.3, -0.25) is 14.9 Å². The highest BCUT2D eigenvalue weighted by Crippen LogP contribution is 2.28. The van der Waals surface area contributed by atoms with Crippen LogP contribution in [-0.4, -0.2) is 66.5 Å². The summed E-state index contributed by atoms with van der Waals surface area (Å²) in [6.07, 6.45) is 6.35. The summed E-state index contributed by atoms with van der Waals surface area (Å²) in [6.45, 7) is 0.380. The molecular formula is C31H26N8O5S. The van der Waals surface area contributed by atoms with Crippen LogP contribution in [0.25, 0.3) is 12.2 Å². The van der Waals surface area contributed by atoms with Gasteiger partial charge in [0.2, 0.25) is 10.0 Å². The molecule has 6 rings (SSSR count). The van der Waals surface area contributed by atoms with E-state index in [4.69, 9.17) is 0 Å². The second kappa shape index (κ2) is 12.6. The lowest BCUT2D eigenvalue weighted by atomic mass is 9.97. The van der Waals surface area contributed by atoms with E-state index < -0.39 is 14.9 Å². The Morgan fingerprint density at radius 3 is 1.76 bits per heavy atom. The number of rotatable bonds is 9. The number of non-ortho nitro benzene ring substituents is 1. The van der Waals surface area contributed by atoms with Crippen molar-refractivity contribution in [2.75, 3.05) is 13.1 Å². The average molecular weight is 623 g/mol. The Balaban J connectivity index is 1.33. The highest BCUT2D eigenvalue weighted by molar-refractivity contribution is 7.89. The fourth-order valence-electron chi connectivity index (χ4n) is 4.90. The van der Waals surface area contributed by atoms with Crippen molar-refractivity contribution in [2.45, 2.75) is 18.0 Å². The van der Waals surface area contributed by atoms with Gasteiger partial charge in [-0.25, -0.2) is 17.8 Å². The molecule has 3 heterocycles. The molecule has 0 radical (unpaired) electrons. The molecule has 0 bridgehead atoms. The zero-order valence-electron chi connectivity index (χ0n) is 23.7. The van der Waals surface area contributed by atoms with Crippen LogP contribution in [0.1, 0.15) is 22.5 Å². The summed E-state index contributed by atoms with van der Waals surface area (Å²) >= 11 is 0. The molecule has 0 amide bonds. The smallest absolute Gasteiger partial charge is 0.270 e. The number of nitro benzene ring substituents is 1. The first kappa shape index (κ1) is 29.5. The molecule has 0 unspecified atom stereocenters. The summed E-state index contributed by atoms with van der Waals surface area (Å²) in [5.41, 5.74) is 2.72. The van der Waals surface area contributed by atoms with Gasteiger partial charge in [-0.15, -0.1) is 10.2 Å². The van der Waals surface area contributed by atoms with Crippen LogP contribution in [0.15, 0.2) is 113 Å². The molecule has 45 heavy (non-hydrogen) atoms. The number of hydrogen-bond acceptors (Lipinski definition) is 9. The van der Waals surface area contributed by atoms with E-state index in [9.17, 15) is 23.3 Å². The Bertz CT molecular complexity index is 1930. The average Bonchev–Trinajstić information content (AvgIpc) is 3.68. The number of nitrogens with zero attached hydrogens (tertiary/aromatic N) is 8. The zero-order chi connectivity index (χ0) is 31.4. The number of carbonyl (C=O) groups is 1. The fraction of sp³-hybridized carbons (Fsp3) is 0.129. The van der Waals surface area contributed by atoms with Crippen LogP contribution in [0.5, 0.6) is 0 Å². The molecule has 0 atom stereocenters. The fourth-order valence-corrected chi connectivity index (χ4v) is 6.33. The summed E-state index contributed by atoms with van der Waals surface area (Å²) in [5, 5.41) is 28.0. The van der Waals surface area contributed by atoms with E-state index >= 15 is 0 Å². The molecular weight excluding hydrogens is 596 g/mol. The van der Waals surface area contributed by atoms with Crippen LogP contribution < -0.4 is 0 Å². The third kappa shape index (κ3) is 6.82. The zero-order valence-corrected chi connectivity index (χ0v) is 24.6. The maximum absolute atomic E-state index is 13.8. The van der Waals surface area contributed by atoms with Crippen molar-refractivity contribution in [3.05, 3.63) is 141 Å². The van der Waals surface area contributed by atoms with Crippen molar-refractivity contribution in [3.8, 4) is 0 Å². The number of sulfonamides is 1. The topological polar surface area (TPSA) is 159 Å². The number of piperidine rings is 1. The minimum Gasteiger partial charge on any atom is -0.289 e. The summed E-state index contributed by atoms with van der Waals surface area (Å²) < 4.78 is 31.8. The van der Waals surface area contributed by atoms with Gasteiger partial charge in [-0.05, 0) is 29.3 Å². The third-order valence-corrected chi connectivity index (χ3v) is 8.86. The second-order valence-corrected chi connectivity index (χ2v) is 12.3. The van der Waals surface area contributed by atoms with Gasteiger partial charge in [0.15, 0.2) is 5.78 Å². The van der Waals surface area contributed by atoms with Crippen molar-refractivity contribution in [1.29, 1.82) is 0 Å². The van der Waals surface area contributed by atoms with Crippen LogP contribution in [0.3, 0.4) is 0 Å². The Hall–Kier alpha value is -5.60. The summed E-state index contributed by atoms with van der Waals surface area (Å²) in [6, 6.07) is 24.1. The first-order valence-electron chi connectivity index (χ1n) is 13.8. The van der Waals surface area contributed by atoms with E-state index in [1.165, 1.54) is 30.4 Å². The van der Waals surface area contributed by atoms with Crippen LogP contribution in [0.2, 0.25) is 0 Å². The van der Waals surface area contributed by atoms with Crippen molar-refractivity contribution in [2.24, 2.45) is 0 Å². The first-order valence-corrected chi connectivity index (χ1v) is 15.3. The van der Waals surface area contributed by atoms with Crippen LogP contribution >= 0.6 is 0 Å². The number of benzene rings is 3. The standard InChI is InChI=1S/C31H26N8O5S/c40-31-25(14-27-21-36(34-32-27)17-23-8-3-1-4-9-23)19-38(45(43,44)30-13-7-12-29(16-30)39(41)42)20-26(31)15-28-22-37(35-33-28)18-24-10-5-2-6-11-24/h1-16,21-22H,17-20H2. The van der Waals surface area contributed by atoms with E-state index in [2.05, 4.69) is 20.6 Å². The van der Waals surface area contributed by atoms with Crippen molar-refractivity contribution in [1.82, 2.24) is 34.3 Å². The minimum absolute atomic E-state index is 0.157. The lowest BCUT2D eigenvalue weighted by Crippen LogP contribution is -2.41. The largest absolute Gasteiger partial charge is 0.289 e. The van der Waals surface area contributed by atoms with Crippen molar-refractivity contribution < 1.29 is 18.1 Å². The van der Waals surface area contributed by atoms with Gasteiger partial charge in [0.25, 0.3) is 5.69 Å². The predicted octanol–water partition coefficient (Wildman–Crippen LogP) is 3.62. The normalized spacial score (nSPS) is 16.0. The number of aromatic nitrogens is 6. The van der Waals surface area contributed by atoms with E-state index in [1.807, 2.05) is 60.7 Å². The maximum atomic E-state index is 13.8. The Kier molecular flexibility index (Phi) is 8.22. The molecule has 2 aromatic heterocycles. The number of Topliss-reactive ketones (excluding diaryl/α,β-unsaturated/α-hetero) is 1. The van der Waals surface area contributed by atoms with Gasteiger partial charge in [-0.1, -0.05) is 77.2 Å². The van der Waals surface area contributed by atoms with E-state index in [0.717, 1.165) is 21.5 Å². The number of ketones is 1. The van der Waals surface area contributed by atoms with E-state index in [-0.39, 0.29) is 40.6 Å². The molecule has 0 N–H and O–H groups in total. The molecule has 1 saturated heterocycles. The van der Waals surface area contributed by atoms with Gasteiger partial charge >= 0.3 is 0 Å². The Labute approximate surface area is 257 Å². The SMILES string of the molecule is O=C1C(=Cc2cn(Cc3ccccc3)nn2)CN(S(=O)(=O)c2cccc([N+](=O)[O-])c2)CC1=Cc1cn(Cc2ccccc2)nn1. The summed E-state index contributed by atoms with van der Waals surface area (Å²) in [7, 11) is -4.25. The van der Waals surface area contributed by atoms with Crippen LogP contribution in [0, 0.1) is 10.1 Å². The molecule has 14 heteroatoms. The van der Waals surface area contributed by atoms with E-state index in [1.54, 1.807) is 21.8 Å². The third-order valence-electron chi connectivity index (χ3n) is 7.07. The Morgan fingerprint density at radius 2 is 1.27 bits per heavy atom. The summed E-state index contributed by atoms with van der Waals surface area (Å²) in [5.74, 6) is -0.379. The molecule has 226 valence electrons. The lowest BCUT2D eigenvalue weighted by molar-refractivity contribution is -0.385. The lowest BCUT2D eigenvalue weighted by Gasteiger charge is -2.28. The van der Waals surface area contributed by atoms with Crippen LogP contribution in [0.4, 0.5) is 5.69 Å². The molecule has 0 aliphatic carbocycles. The predicted molar refractivity (Wildman–Crippen MR) is 164 cm³/mol. The van der Waals surface area contributed by atoms with Crippen LogP contribution in [-0.2, 0) is 27.9 Å². The quantitative estimate of drug-likeness (QED) is 0.136. The highest BCUT2D eigenvalue weighted by atomic mass is 32.2. The van der Waals surface area contributed by atoms with Crippen molar-refractivity contribution >= 4 is 33.6 Å². The Morgan fingerprint density at radius 1 is 0.756 bits per heavy atom. The minimum atomic E-state index is -4.25. The van der Waals surface area contributed by atoms with Gasteiger partial charge in [-0.2, -0.15) is 4.31 Å². The van der Waals surface area contributed by atoms with Gasteiger partial charge in [0, 0.05) is 36.4 Å². The number of nitro groups is 1.